The van der Waals surface area contributed by atoms with Crippen LogP contribution in [0.3, 0.4) is 0 Å². The number of carbonyl (C=O) groups is 2. The van der Waals surface area contributed by atoms with Crippen LogP contribution >= 0.6 is 23.1 Å². The van der Waals surface area contributed by atoms with E-state index in [2.05, 4.69) is 10.3 Å². The molecule has 2 aromatic heterocycles. The Hall–Kier alpha value is -1.95. The maximum atomic E-state index is 12.3. The molecule has 0 saturated carbocycles. The van der Waals surface area contributed by atoms with Gasteiger partial charge in [-0.1, -0.05) is 11.8 Å². The van der Waals surface area contributed by atoms with Crippen LogP contribution < -0.4 is 11.1 Å². The first-order valence-corrected chi connectivity index (χ1v) is 10.6. The number of primary amides is 1. The number of nitrogens with zero attached hydrogens (tertiary/aromatic N) is 2. The molecule has 0 unspecified atom stereocenters. The molecule has 0 fully saturated rings. The molecule has 0 aliphatic heterocycles. The molecule has 0 radical (unpaired) electrons. The van der Waals surface area contributed by atoms with Gasteiger partial charge in [0.1, 0.15) is 9.90 Å². The first kappa shape index (κ1) is 20.4. The fourth-order valence-electron chi connectivity index (χ4n) is 1.85. The summed E-state index contributed by atoms with van der Waals surface area (Å²) in [5.41, 5.74) is 5.51. The van der Waals surface area contributed by atoms with Crippen molar-refractivity contribution in [2.45, 2.75) is 22.1 Å². The normalized spacial score (nSPS) is 12.8. The van der Waals surface area contributed by atoms with Gasteiger partial charge < -0.3 is 11.1 Å². The predicted octanol–water partition coefficient (Wildman–Crippen LogP) is 1.61. The van der Waals surface area contributed by atoms with Crippen molar-refractivity contribution in [3.05, 3.63) is 35.3 Å². The molecule has 0 aliphatic carbocycles. The van der Waals surface area contributed by atoms with Crippen LogP contribution in [-0.2, 0) is 14.8 Å². The van der Waals surface area contributed by atoms with Crippen molar-refractivity contribution in [2.24, 2.45) is 5.73 Å². The number of pyridine rings is 1. The number of thioether (sulfide) groups is 1. The zero-order chi connectivity index (χ0) is 19.5. The Balaban J connectivity index is 2.05. The maximum absolute atomic E-state index is 12.3. The quantitative estimate of drug-likeness (QED) is 0.664. The highest BCUT2D eigenvalue weighted by molar-refractivity contribution is 8.00. The smallest absolute Gasteiger partial charge is 0.251 e. The number of hydrogen-bond donors (Lipinski definition) is 2. The van der Waals surface area contributed by atoms with Gasteiger partial charge in [-0.2, -0.15) is 0 Å². The lowest BCUT2D eigenvalue weighted by Gasteiger charge is -2.13. The first-order valence-electron chi connectivity index (χ1n) is 7.36. The van der Waals surface area contributed by atoms with Gasteiger partial charge in [0.15, 0.2) is 0 Å². The van der Waals surface area contributed by atoms with Gasteiger partial charge in [-0.15, -0.1) is 11.3 Å². The van der Waals surface area contributed by atoms with Crippen molar-refractivity contribution in [3.8, 4) is 0 Å². The van der Waals surface area contributed by atoms with Crippen molar-refractivity contribution in [2.75, 3.05) is 19.4 Å². The Morgan fingerprint density at radius 1 is 1.31 bits per heavy atom. The summed E-state index contributed by atoms with van der Waals surface area (Å²) in [7, 11) is -0.666. The lowest BCUT2D eigenvalue weighted by Crippen LogP contribution is -2.24. The Kier molecular flexibility index (Phi) is 6.39. The lowest BCUT2D eigenvalue weighted by molar-refractivity contribution is -0.115. The Morgan fingerprint density at radius 2 is 2.00 bits per heavy atom. The summed E-state index contributed by atoms with van der Waals surface area (Å²) in [6.45, 7) is 1.68. The number of nitrogens with two attached hydrogens (primary N) is 1. The summed E-state index contributed by atoms with van der Waals surface area (Å²) in [5.74, 6) is -0.923. The van der Waals surface area contributed by atoms with Gasteiger partial charge >= 0.3 is 0 Å². The van der Waals surface area contributed by atoms with E-state index in [1.54, 1.807) is 24.4 Å². The third-order valence-electron chi connectivity index (χ3n) is 3.32. The molecule has 0 spiro atoms. The molecule has 11 heteroatoms. The zero-order valence-electron chi connectivity index (χ0n) is 14.3. The van der Waals surface area contributed by atoms with E-state index in [1.807, 2.05) is 0 Å². The molecule has 0 bridgehead atoms. The predicted molar refractivity (Wildman–Crippen MR) is 102 cm³/mol. The fraction of sp³-hybridized carbons (Fsp3) is 0.267. The molecule has 1 atom stereocenters. The number of carbonyl (C=O) groups excluding carboxylic acids is 2. The second-order valence-electron chi connectivity index (χ2n) is 5.40. The largest absolute Gasteiger partial charge is 0.366 e. The summed E-state index contributed by atoms with van der Waals surface area (Å²) in [6.07, 6.45) is 1.26. The molecule has 3 N–H and O–H groups in total. The van der Waals surface area contributed by atoms with E-state index in [-0.39, 0.29) is 16.4 Å². The van der Waals surface area contributed by atoms with Crippen LogP contribution in [0.4, 0.5) is 5.00 Å². The van der Waals surface area contributed by atoms with Crippen molar-refractivity contribution in [1.82, 2.24) is 9.29 Å². The van der Waals surface area contributed by atoms with Crippen LogP contribution in [0.15, 0.2) is 39.7 Å². The van der Waals surface area contributed by atoms with Crippen molar-refractivity contribution >= 4 is 49.9 Å². The highest BCUT2D eigenvalue weighted by Gasteiger charge is 2.20. The van der Waals surface area contributed by atoms with Gasteiger partial charge in [0.2, 0.25) is 15.9 Å². The van der Waals surface area contributed by atoms with Crippen LogP contribution in [0, 0.1) is 0 Å². The second-order valence-corrected chi connectivity index (χ2v) is 9.83. The molecule has 140 valence electrons. The number of aromatic nitrogens is 1. The molecule has 0 aromatic carbocycles. The maximum Gasteiger partial charge on any atom is 0.251 e. The number of rotatable bonds is 7. The number of hydrogen-bond acceptors (Lipinski definition) is 7. The van der Waals surface area contributed by atoms with Gasteiger partial charge in [0.25, 0.3) is 5.91 Å². The van der Waals surface area contributed by atoms with E-state index in [0.29, 0.717) is 10.0 Å². The number of anilines is 1. The molecular weight excluding hydrogens is 396 g/mol. The Labute approximate surface area is 159 Å². The fourth-order valence-corrected chi connectivity index (χ4v) is 4.28. The molecule has 2 rings (SSSR count). The average molecular weight is 415 g/mol. The van der Waals surface area contributed by atoms with Crippen LogP contribution in [0.5, 0.6) is 0 Å². The van der Waals surface area contributed by atoms with Gasteiger partial charge in [0.05, 0.1) is 15.8 Å². The number of amides is 2. The van der Waals surface area contributed by atoms with Crippen molar-refractivity contribution in [3.63, 3.8) is 0 Å². The third-order valence-corrected chi connectivity index (χ3v) is 7.00. The molecule has 2 heterocycles. The van der Waals surface area contributed by atoms with Gasteiger partial charge in [-0.25, -0.2) is 17.7 Å². The van der Waals surface area contributed by atoms with E-state index in [0.717, 1.165) is 4.31 Å². The van der Waals surface area contributed by atoms with Crippen LogP contribution in [0.2, 0.25) is 0 Å². The molecular formula is C15H18N4O4S3. The van der Waals surface area contributed by atoms with Crippen LogP contribution in [-0.4, -0.2) is 48.9 Å². The summed E-state index contributed by atoms with van der Waals surface area (Å²) < 4.78 is 25.1. The minimum absolute atomic E-state index is 0.0774. The molecule has 2 amide bonds. The Bertz CT molecular complexity index is 907. The third kappa shape index (κ3) is 4.61. The average Bonchev–Trinajstić information content (AvgIpc) is 3.03. The SMILES string of the molecule is C[C@@H](Sc1ccc(S(=O)(=O)N(C)C)cn1)C(=O)Nc1sccc1C(N)=O. The number of nitrogens with one attached hydrogen (secondary N) is 1. The van der Waals surface area contributed by atoms with Gasteiger partial charge in [-0.05, 0) is 30.5 Å². The second kappa shape index (κ2) is 8.16. The van der Waals surface area contributed by atoms with E-state index in [4.69, 9.17) is 5.73 Å². The molecule has 26 heavy (non-hydrogen) atoms. The highest BCUT2D eigenvalue weighted by Crippen LogP contribution is 2.26. The summed E-state index contributed by atoms with van der Waals surface area (Å²) in [5, 5.41) is 4.73. The molecule has 2 aromatic rings. The van der Waals surface area contributed by atoms with Gasteiger partial charge in [-0.3, -0.25) is 9.59 Å². The van der Waals surface area contributed by atoms with E-state index in [9.17, 15) is 18.0 Å². The highest BCUT2D eigenvalue weighted by atomic mass is 32.2. The molecule has 0 saturated heterocycles. The number of thiophene rings is 1. The van der Waals surface area contributed by atoms with Crippen molar-refractivity contribution < 1.29 is 18.0 Å². The summed E-state index contributed by atoms with van der Waals surface area (Å²) in [6, 6.07) is 4.54. The molecule has 8 nitrogen and oxygen atoms in total. The van der Waals surface area contributed by atoms with Crippen molar-refractivity contribution in [1.29, 1.82) is 0 Å². The van der Waals surface area contributed by atoms with Crippen LogP contribution in [0.25, 0.3) is 0 Å². The topological polar surface area (TPSA) is 122 Å². The minimum atomic E-state index is -3.55. The van der Waals surface area contributed by atoms with Crippen LogP contribution in [0.1, 0.15) is 17.3 Å². The zero-order valence-corrected chi connectivity index (χ0v) is 16.7. The van der Waals surface area contributed by atoms with E-state index in [1.165, 1.54) is 49.5 Å². The standard InChI is InChI=1S/C15H18N4O4S3/c1-9(14(21)18-15-11(13(16)20)6-7-24-15)25-12-5-4-10(8-17-12)26(22,23)19(2)3/h4-9H,1-3H3,(H2,16,20)(H,18,21)/t9-/m1/s1. The number of sulfonamides is 1. The Morgan fingerprint density at radius 3 is 2.54 bits per heavy atom. The molecule has 0 aliphatic rings. The summed E-state index contributed by atoms with van der Waals surface area (Å²) in [4.78, 5) is 27.8. The minimum Gasteiger partial charge on any atom is -0.366 e. The van der Waals surface area contributed by atoms with Gasteiger partial charge in [0, 0.05) is 20.3 Å². The first-order chi connectivity index (χ1) is 12.1. The lowest BCUT2D eigenvalue weighted by atomic mass is 10.3. The van der Waals surface area contributed by atoms with E-state index < -0.39 is 21.2 Å². The summed E-state index contributed by atoms with van der Waals surface area (Å²) >= 11 is 2.38. The van der Waals surface area contributed by atoms with E-state index >= 15 is 0 Å². The monoisotopic (exact) mass is 414 g/mol.